The van der Waals surface area contributed by atoms with Gasteiger partial charge in [0, 0.05) is 18.2 Å². The van der Waals surface area contributed by atoms with Gasteiger partial charge < -0.3 is 0 Å². The number of H-pyrrole nitrogens is 1. The molecule has 0 aliphatic rings. The number of Topliss-reactive ketones (excluding diaryl/α,β-unsaturated/α-hetero) is 1. The standard InChI is InChI=1S/C10H14N2O3/c1-3-7(2)8(13)6-12-5-4-9(14)11-10(12)15/h4-5,7H,3,6H2,1-2H3,(H,11,14,15). The summed E-state index contributed by atoms with van der Waals surface area (Å²) in [4.78, 5) is 35.6. The molecular weight excluding hydrogens is 196 g/mol. The van der Waals surface area contributed by atoms with Crippen LogP contribution >= 0.6 is 0 Å². The number of carbonyl (C=O) groups is 1. The number of rotatable bonds is 4. The van der Waals surface area contributed by atoms with Crippen molar-refractivity contribution >= 4 is 5.78 Å². The molecule has 1 aromatic heterocycles. The van der Waals surface area contributed by atoms with Crippen LogP contribution in [-0.4, -0.2) is 15.3 Å². The van der Waals surface area contributed by atoms with Crippen molar-refractivity contribution in [1.82, 2.24) is 9.55 Å². The van der Waals surface area contributed by atoms with E-state index < -0.39 is 11.2 Å². The van der Waals surface area contributed by atoms with Gasteiger partial charge in [-0.25, -0.2) is 4.79 Å². The summed E-state index contributed by atoms with van der Waals surface area (Å²) in [6, 6.07) is 1.23. The highest BCUT2D eigenvalue weighted by Gasteiger charge is 2.11. The second kappa shape index (κ2) is 4.72. The predicted molar refractivity (Wildman–Crippen MR) is 55.8 cm³/mol. The minimum Gasteiger partial charge on any atom is -0.297 e. The summed E-state index contributed by atoms with van der Waals surface area (Å²) < 4.78 is 1.20. The maximum Gasteiger partial charge on any atom is 0.328 e. The third-order valence-corrected chi connectivity index (χ3v) is 2.39. The van der Waals surface area contributed by atoms with Crippen LogP contribution in [0, 0.1) is 5.92 Å². The molecule has 0 saturated carbocycles. The normalized spacial score (nSPS) is 12.4. The van der Waals surface area contributed by atoms with E-state index in [4.69, 9.17) is 0 Å². The summed E-state index contributed by atoms with van der Waals surface area (Å²) in [7, 11) is 0. The molecule has 1 atom stereocenters. The van der Waals surface area contributed by atoms with Crippen LogP contribution in [0.2, 0.25) is 0 Å². The molecule has 0 saturated heterocycles. The van der Waals surface area contributed by atoms with E-state index in [1.807, 2.05) is 13.8 Å². The number of hydrogen-bond donors (Lipinski definition) is 1. The van der Waals surface area contributed by atoms with Crippen molar-refractivity contribution in [1.29, 1.82) is 0 Å². The maximum atomic E-state index is 11.5. The number of carbonyl (C=O) groups excluding carboxylic acids is 1. The Labute approximate surface area is 86.8 Å². The maximum absolute atomic E-state index is 11.5. The highest BCUT2D eigenvalue weighted by molar-refractivity contribution is 5.80. The molecule has 1 N–H and O–H groups in total. The van der Waals surface area contributed by atoms with Crippen LogP contribution < -0.4 is 11.2 Å². The summed E-state index contributed by atoms with van der Waals surface area (Å²) in [5.41, 5.74) is -0.994. The van der Waals surface area contributed by atoms with Gasteiger partial charge in [0.25, 0.3) is 5.56 Å². The third kappa shape index (κ3) is 2.90. The minimum absolute atomic E-state index is 0.00773. The average molecular weight is 210 g/mol. The van der Waals surface area contributed by atoms with Gasteiger partial charge in [-0.05, 0) is 6.42 Å². The Hall–Kier alpha value is -1.65. The Morgan fingerprint density at radius 2 is 2.20 bits per heavy atom. The van der Waals surface area contributed by atoms with Gasteiger partial charge in [0.05, 0.1) is 6.54 Å². The summed E-state index contributed by atoms with van der Waals surface area (Å²) >= 11 is 0. The van der Waals surface area contributed by atoms with Crippen molar-refractivity contribution in [3.05, 3.63) is 33.1 Å². The lowest BCUT2D eigenvalue weighted by molar-refractivity contribution is -0.123. The van der Waals surface area contributed by atoms with Gasteiger partial charge in [0.2, 0.25) is 0 Å². The number of aromatic amines is 1. The Balaban J connectivity index is 2.86. The third-order valence-electron chi connectivity index (χ3n) is 2.39. The second-order valence-electron chi connectivity index (χ2n) is 3.51. The molecule has 1 aromatic rings. The van der Waals surface area contributed by atoms with Gasteiger partial charge in [-0.1, -0.05) is 13.8 Å². The lowest BCUT2D eigenvalue weighted by Crippen LogP contribution is -2.32. The lowest BCUT2D eigenvalue weighted by Gasteiger charge is -2.08. The molecule has 0 aliphatic carbocycles. The highest BCUT2D eigenvalue weighted by atomic mass is 16.2. The fourth-order valence-corrected chi connectivity index (χ4v) is 1.12. The Morgan fingerprint density at radius 1 is 1.53 bits per heavy atom. The predicted octanol–water partition coefficient (Wildman–Crippen LogP) is 0.152. The molecule has 1 heterocycles. The van der Waals surface area contributed by atoms with E-state index in [1.165, 1.54) is 16.8 Å². The molecule has 0 bridgehead atoms. The van der Waals surface area contributed by atoms with Gasteiger partial charge in [0.1, 0.15) is 0 Å². The smallest absolute Gasteiger partial charge is 0.297 e. The monoisotopic (exact) mass is 210 g/mol. The summed E-state index contributed by atoms with van der Waals surface area (Å²) in [5, 5.41) is 0. The molecule has 0 amide bonds. The van der Waals surface area contributed by atoms with Crippen molar-refractivity contribution in [3.8, 4) is 0 Å². The second-order valence-corrected chi connectivity index (χ2v) is 3.51. The number of hydrogen-bond acceptors (Lipinski definition) is 3. The first-order chi connectivity index (χ1) is 7.04. The quantitative estimate of drug-likeness (QED) is 0.769. The van der Waals surface area contributed by atoms with Gasteiger partial charge in [-0.3, -0.25) is 19.1 Å². The average Bonchev–Trinajstić information content (AvgIpc) is 2.20. The molecule has 15 heavy (non-hydrogen) atoms. The minimum atomic E-state index is -0.542. The zero-order valence-corrected chi connectivity index (χ0v) is 8.82. The van der Waals surface area contributed by atoms with Crippen LogP contribution in [0.25, 0.3) is 0 Å². The summed E-state index contributed by atoms with van der Waals surface area (Å²) in [5.74, 6) is -0.0736. The molecule has 5 nitrogen and oxygen atoms in total. The Bertz CT molecular complexity index is 458. The van der Waals surface area contributed by atoms with Crippen LogP contribution in [0.15, 0.2) is 21.9 Å². The number of aromatic nitrogens is 2. The lowest BCUT2D eigenvalue weighted by atomic mass is 10.0. The fraction of sp³-hybridized carbons (Fsp3) is 0.500. The SMILES string of the molecule is CCC(C)C(=O)Cn1ccc(=O)[nH]c1=O. The van der Waals surface area contributed by atoms with E-state index in [1.54, 1.807) is 0 Å². The molecule has 1 rings (SSSR count). The van der Waals surface area contributed by atoms with Gasteiger partial charge in [-0.2, -0.15) is 0 Å². The molecule has 82 valence electrons. The van der Waals surface area contributed by atoms with Crippen LogP contribution in [0.5, 0.6) is 0 Å². The van der Waals surface area contributed by atoms with E-state index in [2.05, 4.69) is 4.98 Å². The van der Waals surface area contributed by atoms with Gasteiger partial charge in [0.15, 0.2) is 5.78 Å². The molecule has 0 aromatic carbocycles. The van der Waals surface area contributed by atoms with E-state index >= 15 is 0 Å². The van der Waals surface area contributed by atoms with Crippen LogP contribution in [0.3, 0.4) is 0 Å². The van der Waals surface area contributed by atoms with E-state index in [9.17, 15) is 14.4 Å². The van der Waals surface area contributed by atoms with Crippen molar-refractivity contribution < 1.29 is 4.79 Å². The molecule has 0 fully saturated rings. The summed E-state index contributed by atoms with van der Waals surface area (Å²) in [6.07, 6.45) is 2.08. The van der Waals surface area contributed by atoms with Crippen LogP contribution in [-0.2, 0) is 11.3 Å². The zero-order valence-electron chi connectivity index (χ0n) is 8.82. The van der Waals surface area contributed by atoms with Crippen LogP contribution in [0.1, 0.15) is 20.3 Å². The molecular formula is C10H14N2O3. The van der Waals surface area contributed by atoms with E-state index in [0.717, 1.165) is 6.42 Å². The Kier molecular flexibility index (Phi) is 3.60. The first-order valence-corrected chi connectivity index (χ1v) is 4.87. The van der Waals surface area contributed by atoms with Crippen molar-refractivity contribution in [2.45, 2.75) is 26.8 Å². The fourth-order valence-electron chi connectivity index (χ4n) is 1.12. The first kappa shape index (κ1) is 11.4. The molecule has 0 aliphatic heterocycles. The molecule has 0 spiro atoms. The first-order valence-electron chi connectivity index (χ1n) is 4.87. The molecule has 5 heteroatoms. The van der Waals surface area contributed by atoms with E-state index in [0.29, 0.717) is 0 Å². The van der Waals surface area contributed by atoms with E-state index in [-0.39, 0.29) is 18.2 Å². The van der Waals surface area contributed by atoms with Crippen molar-refractivity contribution in [2.24, 2.45) is 5.92 Å². The van der Waals surface area contributed by atoms with Crippen molar-refractivity contribution in [3.63, 3.8) is 0 Å². The number of nitrogens with zero attached hydrogens (tertiary/aromatic N) is 1. The highest BCUT2D eigenvalue weighted by Crippen LogP contribution is 2.02. The number of nitrogens with one attached hydrogen (secondary N) is 1. The van der Waals surface area contributed by atoms with Gasteiger partial charge >= 0.3 is 5.69 Å². The number of ketones is 1. The van der Waals surface area contributed by atoms with Crippen LogP contribution in [0.4, 0.5) is 0 Å². The molecule has 0 radical (unpaired) electrons. The summed E-state index contributed by atoms with van der Waals surface area (Å²) in [6.45, 7) is 3.75. The zero-order chi connectivity index (χ0) is 11.4. The topological polar surface area (TPSA) is 71.9 Å². The molecule has 1 unspecified atom stereocenters. The largest absolute Gasteiger partial charge is 0.328 e. The van der Waals surface area contributed by atoms with Crippen molar-refractivity contribution in [2.75, 3.05) is 0 Å². The van der Waals surface area contributed by atoms with Gasteiger partial charge in [-0.15, -0.1) is 0 Å². The Morgan fingerprint density at radius 3 is 2.73 bits per heavy atom.